The van der Waals surface area contributed by atoms with Gasteiger partial charge in [-0.25, -0.2) is 0 Å². The van der Waals surface area contributed by atoms with Gasteiger partial charge in [-0.1, -0.05) is 12.1 Å². The molecular formula is C13H19N5O3. The van der Waals surface area contributed by atoms with Crippen molar-refractivity contribution in [3.05, 3.63) is 23.5 Å². The Morgan fingerprint density at radius 3 is 2.81 bits per heavy atom. The zero-order valence-electron chi connectivity index (χ0n) is 12.3. The van der Waals surface area contributed by atoms with E-state index in [1.807, 2.05) is 18.9 Å². The monoisotopic (exact) mass is 293 g/mol. The van der Waals surface area contributed by atoms with Gasteiger partial charge in [0.2, 0.25) is 11.8 Å². The minimum atomic E-state index is -0.0420. The van der Waals surface area contributed by atoms with Gasteiger partial charge >= 0.3 is 0 Å². The average Bonchev–Trinajstić information content (AvgIpc) is 3.19. The molecule has 0 bridgehead atoms. The van der Waals surface area contributed by atoms with Crippen molar-refractivity contribution in [1.29, 1.82) is 0 Å². The van der Waals surface area contributed by atoms with Crippen LogP contribution in [0.1, 0.15) is 49.4 Å². The summed E-state index contributed by atoms with van der Waals surface area (Å²) in [6, 6.07) is 0. The van der Waals surface area contributed by atoms with E-state index in [9.17, 15) is 0 Å². The Balaban J connectivity index is 1.55. The van der Waals surface area contributed by atoms with E-state index >= 15 is 0 Å². The first-order valence-electron chi connectivity index (χ1n) is 7.18. The third-order valence-electron chi connectivity index (χ3n) is 3.32. The molecule has 1 aliphatic rings. The Hall–Kier alpha value is -1.80. The molecule has 8 heteroatoms. The van der Waals surface area contributed by atoms with E-state index in [0.717, 1.165) is 25.9 Å². The number of hydrogen-bond acceptors (Lipinski definition) is 8. The highest BCUT2D eigenvalue weighted by atomic mass is 16.5. The molecule has 3 rings (SSSR count). The van der Waals surface area contributed by atoms with Crippen LogP contribution in [0.4, 0.5) is 0 Å². The molecule has 1 aliphatic heterocycles. The van der Waals surface area contributed by atoms with Crippen molar-refractivity contribution in [2.45, 2.75) is 45.4 Å². The fourth-order valence-corrected chi connectivity index (χ4v) is 2.26. The van der Waals surface area contributed by atoms with Crippen LogP contribution in [0.2, 0.25) is 0 Å². The molecule has 0 aromatic carbocycles. The second kappa shape index (κ2) is 6.31. The second-order valence-electron chi connectivity index (χ2n) is 5.17. The Morgan fingerprint density at radius 1 is 1.24 bits per heavy atom. The van der Waals surface area contributed by atoms with Crippen LogP contribution < -0.4 is 0 Å². The van der Waals surface area contributed by atoms with Crippen LogP contribution in [-0.2, 0) is 24.2 Å². The fourth-order valence-electron chi connectivity index (χ4n) is 2.26. The van der Waals surface area contributed by atoms with E-state index in [0.29, 0.717) is 36.6 Å². The SMILES string of the molecule is CCc1nnc(CN(C)Cc2noc(C3CCCO3)n2)o1. The standard InChI is InChI=1S/C13H19N5O3/c1-3-11-15-16-12(20-11)8-18(2)7-10-14-13(21-17-10)9-5-4-6-19-9/h9H,3-8H2,1-2H3. The van der Waals surface area contributed by atoms with Crippen molar-refractivity contribution in [1.82, 2.24) is 25.2 Å². The normalized spacial score (nSPS) is 18.7. The molecule has 2 aromatic rings. The summed E-state index contributed by atoms with van der Waals surface area (Å²) in [5.41, 5.74) is 0. The minimum Gasteiger partial charge on any atom is -0.424 e. The summed E-state index contributed by atoms with van der Waals surface area (Å²) in [5, 5.41) is 11.9. The molecule has 3 heterocycles. The molecule has 0 spiro atoms. The number of nitrogens with zero attached hydrogens (tertiary/aromatic N) is 5. The molecule has 0 aliphatic carbocycles. The lowest BCUT2D eigenvalue weighted by Gasteiger charge is -2.10. The van der Waals surface area contributed by atoms with Crippen molar-refractivity contribution in [3.8, 4) is 0 Å². The van der Waals surface area contributed by atoms with Crippen LogP contribution in [-0.4, -0.2) is 38.9 Å². The molecule has 21 heavy (non-hydrogen) atoms. The summed E-state index contributed by atoms with van der Waals surface area (Å²) in [4.78, 5) is 6.38. The van der Waals surface area contributed by atoms with Crippen molar-refractivity contribution in [2.24, 2.45) is 0 Å². The van der Waals surface area contributed by atoms with Crippen LogP contribution in [0.3, 0.4) is 0 Å². The second-order valence-corrected chi connectivity index (χ2v) is 5.17. The van der Waals surface area contributed by atoms with Gasteiger partial charge in [0, 0.05) is 13.0 Å². The van der Waals surface area contributed by atoms with Gasteiger partial charge in [-0.05, 0) is 19.9 Å². The van der Waals surface area contributed by atoms with E-state index in [2.05, 4.69) is 20.3 Å². The van der Waals surface area contributed by atoms with Crippen LogP contribution in [0, 0.1) is 0 Å². The van der Waals surface area contributed by atoms with Crippen molar-refractivity contribution in [3.63, 3.8) is 0 Å². The molecule has 0 radical (unpaired) electrons. The lowest BCUT2D eigenvalue weighted by molar-refractivity contribution is 0.0835. The Labute approximate surface area is 122 Å². The van der Waals surface area contributed by atoms with E-state index in [4.69, 9.17) is 13.7 Å². The predicted molar refractivity (Wildman–Crippen MR) is 71.1 cm³/mol. The predicted octanol–water partition coefficient (Wildman–Crippen LogP) is 1.50. The quantitative estimate of drug-likeness (QED) is 0.791. The summed E-state index contributed by atoms with van der Waals surface area (Å²) < 4.78 is 16.3. The molecule has 0 N–H and O–H groups in total. The summed E-state index contributed by atoms with van der Waals surface area (Å²) in [7, 11) is 1.94. The van der Waals surface area contributed by atoms with Crippen molar-refractivity contribution >= 4 is 0 Å². The summed E-state index contributed by atoms with van der Waals surface area (Å²) in [5.74, 6) is 2.45. The topological polar surface area (TPSA) is 90.3 Å². The molecule has 1 unspecified atom stereocenters. The lowest BCUT2D eigenvalue weighted by Crippen LogP contribution is -2.18. The minimum absolute atomic E-state index is 0.0420. The van der Waals surface area contributed by atoms with Gasteiger partial charge in [0.1, 0.15) is 6.10 Å². The number of hydrogen-bond donors (Lipinski definition) is 0. The zero-order valence-corrected chi connectivity index (χ0v) is 12.3. The average molecular weight is 293 g/mol. The summed E-state index contributed by atoms with van der Waals surface area (Å²) in [6.07, 6.45) is 2.68. The van der Waals surface area contributed by atoms with Gasteiger partial charge in [0.15, 0.2) is 5.82 Å². The third-order valence-corrected chi connectivity index (χ3v) is 3.32. The van der Waals surface area contributed by atoms with E-state index in [-0.39, 0.29) is 6.10 Å². The lowest BCUT2D eigenvalue weighted by atomic mass is 10.2. The van der Waals surface area contributed by atoms with E-state index < -0.39 is 0 Å². The van der Waals surface area contributed by atoms with Crippen molar-refractivity contribution in [2.75, 3.05) is 13.7 Å². The molecule has 114 valence electrons. The molecule has 0 saturated carbocycles. The number of rotatable bonds is 6. The van der Waals surface area contributed by atoms with Gasteiger partial charge in [-0.2, -0.15) is 4.98 Å². The molecular weight excluding hydrogens is 274 g/mol. The molecule has 1 fully saturated rings. The molecule has 1 atom stereocenters. The maximum atomic E-state index is 5.52. The maximum absolute atomic E-state index is 5.52. The highest BCUT2D eigenvalue weighted by molar-refractivity contribution is 4.92. The van der Waals surface area contributed by atoms with E-state index in [1.54, 1.807) is 0 Å². The summed E-state index contributed by atoms with van der Waals surface area (Å²) >= 11 is 0. The van der Waals surface area contributed by atoms with Gasteiger partial charge in [-0.3, -0.25) is 4.90 Å². The first kappa shape index (κ1) is 14.2. The first-order chi connectivity index (χ1) is 10.2. The fraction of sp³-hybridized carbons (Fsp3) is 0.692. The van der Waals surface area contributed by atoms with Gasteiger partial charge in [0.05, 0.1) is 13.1 Å². The zero-order chi connectivity index (χ0) is 14.7. The largest absolute Gasteiger partial charge is 0.424 e. The Bertz CT molecular complexity index is 576. The van der Waals surface area contributed by atoms with Gasteiger partial charge < -0.3 is 13.7 Å². The third kappa shape index (κ3) is 3.45. The molecule has 1 saturated heterocycles. The van der Waals surface area contributed by atoms with Crippen LogP contribution >= 0.6 is 0 Å². The van der Waals surface area contributed by atoms with E-state index in [1.165, 1.54) is 0 Å². The van der Waals surface area contributed by atoms with Crippen LogP contribution in [0.15, 0.2) is 8.94 Å². The molecule has 0 amide bonds. The van der Waals surface area contributed by atoms with Crippen LogP contribution in [0.25, 0.3) is 0 Å². The Morgan fingerprint density at radius 2 is 2.10 bits per heavy atom. The smallest absolute Gasteiger partial charge is 0.255 e. The van der Waals surface area contributed by atoms with Crippen molar-refractivity contribution < 1.29 is 13.7 Å². The number of aromatic nitrogens is 4. The molecule has 2 aromatic heterocycles. The highest BCUT2D eigenvalue weighted by Gasteiger charge is 2.24. The first-order valence-corrected chi connectivity index (χ1v) is 7.18. The summed E-state index contributed by atoms with van der Waals surface area (Å²) in [6.45, 7) is 3.85. The highest BCUT2D eigenvalue weighted by Crippen LogP contribution is 2.26. The van der Waals surface area contributed by atoms with Gasteiger partial charge in [-0.15, -0.1) is 10.2 Å². The molecule has 8 nitrogen and oxygen atoms in total. The van der Waals surface area contributed by atoms with Crippen LogP contribution in [0.5, 0.6) is 0 Å². The van der Waals surface area contributed by atoms with Gasteiger partial charge in [0.25, 0.3) is 5.89 Å². The number of ether oxygens (including phenoxy) is 1. The maximum Gasteiger partial charge on any atom is 0.255 e. The number of aryl methyl sites for hydroxylation is 1. The Kier molecular flexibility index (Phi) is 4.26.